The molecule has 0 bridgehead atoms. The van der Waals surface area contributed by atoms with Gasteiger partial charge in [0.1, 0.15) is 0 Å². The molecule has 1 amide bonds. The molecule has 0 spiro atoms. The number of aryl methyl sites for hydroxylation is 1. The standard InChI is InChI=1S/C18H19N5OS/c1-12-6-4-8-15(10-12)20-17(24)13(2)25-18-22-21-16(23(18)3)14-7-5-9-19-11-14/h4-11,13H,1-3H3,(H,20,24)/t13-/m1/s1. The number of anilines is 1. The average molecular weight is 353 g/mol. The SMILES string of the molecule is Cc1cccc(NC(=O)[C@@H](C)Sc2nnc(-c3cccnc3)n2C)c1. The Balaban J connectivity index is 1.70. The Labute approximate surface area is 150 Å². The molecule has 1 N–H and O–H groups in total. The van der Waals surface area contributed by atoms with Gasteiger partial charge in [-0.05, 0) is 43.7 Å². The number of nitrogens with zero attached hydrogens (tertiary/aromatic N) is 4. The number of pyridine rings is 1. The van der Waals surface area contributed by atoms with Gasteiger partial charge in [-0.25, -0.2) is 0 Å². The van der Waals surface area contributed by atoms with E-state index in [-0.39, 0.29) is 11.2 Å². The van der Waals surface area contributed by atoms with E-state index in [1.165, 1.54) is 11.8 Å². The van der Waals surface area contributed by atoms with Crippen LogP contribution in [0.15, 0.2) is 53.9 Å². The van der Waals surface area contributed by atoms with Gasteiger partial charge < -0.3 is 9.88 Å². The minimum atomic E-state index is -0.301. The summed E-state index contributed by atoms with van der Waals surface area (Å²) in [5, 5.41) is 11.7. The van der Waals surface area contributed by atoms with E-state index in [1.807, 2.05) is 61.9 Å². The number of nitrogens with one attached hydrogen (secondary N) is 1. The number of amides is 1. The van der Waals surface area contributed by atoms with Crippen molar-refractivity contribution in [2.45, 2.75) is 24.3 Å². The fraction of sp³-hybridized carbons (Fsp3) is 0.222. The molecule has 6 nitrogen and oxygen atoms in total. The molecule has 2 aromatic heterocycles. The predicted molar refractivity (Wildman–Crippen MR) is 99.4 cm³/mol. The number of aromatic nitrogens is 4. The van der Waals surface area contributed by atoms with E-state index in [2.05, 4.69) is 20.5 Å². The third-order valence-electron chi connectivity index (χ3n) is 3.69. The van der Waals surface area contributed by atoms with Crippen LogP contribution in [0, 0.1) is 6.92 Å². The maximum atomic E-state index is 12.4. The zero-order valence-corrected chi connectivity index (χ0v) is 15.1. The lowest BCUT2D eigenvalue weighted by Crippen LogP contribution is -2.22. The largest absolute Gasteiger partial charge is 0.325 e. The molecule has 25 heavy (non-hydrogen) atoms. The van der Waals surface area contributed by atoms with Crippen LogP contribution in [0.2, 0.25) is 0 Å². The van der Waals surface area contributed by atoms with Gasteiger partial charge in [-0.3, -0.25) is 9.78 Å². The van der Waals surface area contributed by atoms with Crippen LogP contribution in [0.5, 0.6) is 0 Å². The Bertz CT molecular complexity index is 878. The quantitative estimate of drug-likeness (QED) is 0.713. The van der Waals surface area contributed by atoms with E-state index in [1.54, 1.807) is 12.4 Å². The summed E-state index contributed by atoms with van der Waals surface area (Å²) in [6.45, 7) is 3.85. The summed E-state index contributed by atoms with van der Waals surface area (Å²) in [7, 11) is 1.88. The topological polar surface area (TPSA) is 72.7 Å². The van der Waals surface area contributed by atoms with Crippen molar-refractivity contribution in [2.24, 2.45) is 7.05 Å². The van der Waals surface area contributed by atoms with Crippen molar-refractivity contribution >= 4 is 23.4 Å². The monoisotopic (exact) mass is 353 g/mol. The maximum Gasteiger partial charge on any atom is 0.237 e. The highest BCUT2D eigenvalue weighted by atomic mass is 32.2. The third-order valence-corrected chi connectivity index (χ3v) is 4.83. The molecule has 1 atom stereocenters. The van der Waals surface area contributed by atoms with Crippen LogP contribution in [-0.2, 0) is 11.8 Å². The summed E-state index contributed by atoms with van der Waals surface area (Å²) in [4.78, 5) is 16.5. The summed E-state index contributed by atoms with van der Waals surface area (Å²) >= 11 is 1.37. The first kappa shape index (κ1) is 17.2. The third kappa shape index (κ3) is 4.06. The molecule has 128 valence electrons. The molecule has 0 aliphatic rings. The first-order valence-corrected chi connectivity index (χ1v) is 8.76. The summed E-state index contributed by atoms with van der Waals surface area (Å²) in [5.41, 5.74) is 2.79. The van der Waals surface area contributed by atoms with E-state index in [0.717, 1.165) is 22.6 Å². The van der Waals surface area contributed by atoms with Gasteiger partial charge in [0.05, 0.1) is 5.25 Å². The molecular weight excluding hydrogens is 334 g/mol. The molecule has 7 heteroatoms. The predicted octanol–water partition coefficient (Wildman–Crippen LogP) is 3.30. The first-order valence-electron chi connectivity index (χ1n) is 7.88. The van der Waals surface area contributed by atoms with Gasteiger partial charge in [0.2, 0.25) is 5.91 Å². The zero-order chi connectivity index (χ0) is 17.8. The lowest BCUT2D eigenvalue weighted by molar-refractivity contribution is -0.115. The second-order valence-electron chi connectivity index (χ2n) is 5.73. The van der Waals surface area contributed by atoms with Crippen LogP contribution < -0.4 is 5.32 Å². The fourth-order valence-electron chi connectivity index (χ4n) is 2.34. The summed E-state index contributed by atoms with van der Waals surface area (Å²) in [6.07, 6.45) is 3.46. The van der Waals surface area contributed by atoms with Gasteiger partial charge >= 0.3 is 0 Å². The zero-order valence-electron chi connectivity index (χ0n) is 14.3. The van der Waals surface area contributed by atoms with E-state index in [0.29, 0.717) is 5.16 Å². The maximum absolute atomic E-state index is 12.4. The van der Waals surface area contributed by atoms with Crippen LogP contribution in [0.3, 0.4) is 0 Å². The minimum Gasteiger partial charge on any atom is -0.325 e. The molecule has 0 aliphatic heterocycles. The van der Waals surface area contributed by atoms with Crippen molar-refractivity contribution in [3.63, 3.8) is 0 Å². The lowest BCUT2D eigenvalue weighted by Gasteiger charge is -2.12. The summed E-state index contributed by atoms with van der Waals surface area (Å²) < 4.78 is 1.87. The van der Waals surface area contributed by atoms with Gasteiger partial charge in [0.25, 0.3) is 0 Å². The number of thioether (sulfide) groups is 1. The highest BCUT2D eigenvalue weighted by Gasteiger charge is 2.19. The van der Waals surface area contributed by atoms with Crippen LogP contribution in [0.25, 0.3) is 11.4 Å². The molecule has 0 fully saturated rings. The number of hydrogen-bond acceptors (Lipinski definition) is 5. The van der Waals surface area contributed by atoms with Gasteiger partial charge in [-0.1, -0.05) is 23.9 Å². The van der Waals surface area contributed by atoms with E-state index in [9.17, 15) is 4.79 Å². The Hall–Kier alpha value is -2.67. The van der Waals surface area contributed by atoms with Crippen molar-refractivity contribution < 1.29 is 4.79 Å². The molecule has 0 saturated heterocycles. The van der Waals surface area contributed by atoms with Gasteiger partial charge in [0.15, 0.2) is 11.0 Å². The molecule has 0 saturated carbocycles. The van der Waals surface area contributed by atoms with Crippen molar-refractivity contribution in [3.05, 3.63) is 54.4 Å². The number of carbonyl (C=O) groups is 1. The minimum absolute atomic E-state index is 0.0680. The van der Waals surface area contributed by atoms with Crippen molar-refractivity contribution in [3.8, 4) is 11.4 Å². The smallest absolute Gasteiger partial charge is 0.237 e. The Morgan fingerprint density at radius 2 is 2.08 bits per heavy atom. The summed E-state index contributed by atoms with van der Waals surface area (Å²) in [5.74, 6) is 0.656. The van der Waals surface area contributed by atoms with Gasteiger partial charge in [0, 0.05) is 30.7 Å². The summed E-state index contributed by atoms with van der Waals surface area (Å²) in [6, 6.07) is 11.5. The molecular formula is C18H19N5OS. The van der Waals surface area contributed by atoms with Crippen LogP contribution >= 0.6 is 11.8 Å². The second kappa shape index (κ2) is 7.48. The molecule has 2 heterocycles. The molecule has 0 radical (unpaired) electrons. The van der Waals surface area contributed by atoms with Crippen molar-refractivity contribution in [2.75, 3.05) is 5.32 Å². The fourth-order valence-corrected chi connectivity index (χ4v) is 3.16. The lowest BCUT2D eigenvalue weighted by atomic mass is 10.2. The van der Waals surface area contributed by atoms with Crippen molar-refractivity contribution in [1.29, 1.82) is 0 Å². The van der Waals surface area contributed by atoms with Crippen LogP contribution in [0.4, 0.5) is 5.69 Å². The molecule has 0 aliphatic carbocycles. The van der Waals surface area contributed by atoms with E-state index in [4.69, 9.17) is 0 Å². The van der Waals surface area contributed by atoms with Crippen molar-refractivity contribution in [1.82, 2.24) is 19.7 Å². The van der Waals surface area contributed by atoms with Gasteiger partial charge in [-0.2, -0.15) is 0 Å². The highest BCUT2D eigenvalue weighted by molar-refractivity contribution is 8.00. The van der Waals surface area contributed by atoms with E-state index >= 15 is 0 Å². The van der Waals surface area contributed by atoms with Crippen LogP contribution in [0.1, 0.15) is 12.5 Å². The highest BCUT2D eigenvalue weighted by Crippen LogP contribution is 2.26. The number of hydrogen-bond donors (Lipinski definition) is 1. The number of carbonyl (C=O) groups excluding carboxylic acids is 1. The molecule has 0 unspecified atom stereocenters. The normalized spacial score (nSPS) is 12.0. The number of benzene rings is 1. The number of rotatable bonds is 5. The second-order valence-corrected chi connectivity index (χ2v) is 7.03. The molecule has 3 aromatic rings. The first-order chi connectivity index (χ1) is 12.0. The Morgan fingerprint density at radius 1 is 1.24 bits per heavy atom. The Kier molecular flexibility index (Phi) is 5.14. The van der Waals surface area contributed by atoms with Crippen LogP contribution in [-0.4, -0.2) is 30.9 Å². The average Bonchev–Trinajstić information content (AvgIpc) is 2.96. The van der Waals surface area contributed by atoms with E-state index < -0.39 is 0 Å². The van der Waals surface area contributed by atoms with Gasteiger partial charge in [-0.15, -0.1) is 10.2 Å². The molecule has 3 rings (SSSR count). The Morgan fingerprint density at radius 3 is 2.80 bits per heavy atom. The molecule has 1 aromatic carbocycles.